The van der Waals surface area contributed by atoms with Gasteiger partial charge in [-0.1, -0.05) is 31.9 Å². The summed E-state index contributed by atoms with van der Waals surface area (Å²) < 4.78 is 17.3. The maximum absolute atomic E-state index is 12.6. The summed E-state index contributed by atoms with van der Waals surface area (Å²) in [5.41, 5.74) is 3.15. The molecule has 1 atom stereocenters. The van der Waals surface area contributed by atoms with Gasteiger partial charge < -0.3 is 24.6 Å². The molecule has 172 valence electrons. The molecule has 2 aliphatic rings. The van der Waals surface area contributed by atoms with Gasteiger partial charge >= 0.3 is 0 Å². The van der Waals surface area contributed by atoms with Crippen molar-refractivity contribution in [2.75, 3.05) is 20.3 Å². The summed E-state index contributed by atoms with van der Waals surface area (Å²) in [5, 5.41) is 13.0. The van der Waals surface area contributed by atoms with Crippen molar-refractivity contribution >= 4 is 5.91 Å². The van der Waals surface area contributed by atoms with Crippen LogP contribution in [-0.2, 0) is 9.47 Å². The highest BCUT2D eigenvalue weighted by atomic mass is 16.7. The number of amides is 1. The first-order chi connectivity index (χ1) is 14.6. The van der Waals surface area contributed by atoms with E-state index in [1.807, 2.05) is 6.92 Å². The summed E-state index contributed by atoms with van der Waals surface area (Å²) in [6.07, 6.45) is 5.99. The molecule has 0 radical (unpaired) electrons. The van der Waals surface area contributed by atoms with Gasteiger partial charge in [-0.05, 0) is 44.9 Å². The van der Waals surface area contributed by atoms with E-state index in [2.05, 4.69) is 38.0 Å². The van der Waals surface area contributed by atoms with Crippen LogP contribution in [0.2, 0.25) is 0 Å². The van der Waals surface area contributed by atoms with Crippen LogP contribution < -0.4 is 10.1 Å². The van der Waals surface area contributed by atoms with Gasteiger partial charge in [-0.15, -0.1) is 0 Å². The third-order valence-corrected chi connectivity index (χ3v) is 6.89. The maximum atomic E-state index is 12.6. The first-order valence-electron chi connectivity index (χ1n) is 11.1. The molecule has 0 aromatic carbocycles. The molecule has 1 saturated heterocycles. The van der Waals surface area contributed by atoms with Crippen LogP contribution >= 0.6 is 0 Å². The Hall–Kier alpha value is -2.12. The zero-order chi connectivity index (χ0) is 22.8. The van der Waals surface area contributed by atoms with E-state index in [9.17, 15) is 9.90 Å². The van der Waals surface area contributed by atoms with Crippen LogP contribution in [0.25, 0.3) is 0 Å². The molecule has 0 bridgehead atoms. The Balaban J connectivity index is 1.60. The fourth-order valence-corrected chi connectivity index (χ4v) is 4.63. The molecule has 1 aromatic rings. The maximum Gasteiger partial charge on any atom is 0.274 e. The van der Waals surface area contributed by atoms with Crippen LogP contribution in [-0.4, -0.2) is 48.2 Å². The molecule has 2 heterocycles. The Morgan fingerprint density at radius 3 is 2.65 bits per heavy atom. The number of nitrogens with zero attached hydrogens (tertiary/aromatic N) is 1. The second-order valence-corrected chi connectivity index (χ2v) is 9.62. The van der Waals surface area contributed by atoms with Crippen molar-refractivity contribution < 1.29 is 24.1 Å². The third-order valence-electron chi connectivity index (χ3n) is 6.89. The average Bonchev–Trinajstić information content (AvgIpc) is 2.72. The molecule has 7 nitrogen and oxygen atoms in total. The number of aromatic nitrogens is 1. The van der Waals surface area contributed by atoms with E-state index < -0.39 is 11.7 Å². The monoisotopic (exact) mass is 432 g/mol. The summed E-state index contributed by atoms with van der Waals surface area (Å²) in [6, 6.07) is 1.17. The van der Waals surface area contributed by atoms with Gasteiger partial charge in [-0.25, -0.2) is 4.98 Å². The second-order valence-electron chi connectivity index (χ2n) is 9.62. The van der Waals surface area contributed by atoms with Gasteiger partial charge in [0.15, 0.2) is 23.0 Å². The van der Waals surface area contributed by atoms with E-state index in [0.29, 0.717) is 13.2 Å². The minimum atomic E-state index is -0.710. The summed E-state index contributed by atoms with van der Waals surface area (Å²) in [5.74, 6) is -1.10. The van der Waals surface area contributed by atoms with E-state index in [4.69, 9.17) is 14.2 Å². The lowest BCUT2D eigenvalue weighted by Crippen LogP contribution is -2.54. The van der Waals surface area contributed by atoms with Crippen LogP contribution in [0.4, 0.5) is 0 Å². The van der Waals surface area contributed by atoms with Crippen LogP contribution in [0.5, 0.6) is 11.5 Å². The SMILES string of the molecule is COc1ccnc(C(=O)N[C@H]2CO[C@](C)(C(C)CC3=C(C)CCCC3(C)C)OC2)c1O. The number of hydrogen-bond donors (Lipinski definition) is 2. The van der Waals surface area contributed by atoms with Crippen LogP contribution in [0.3, 0.4) is 0 Å². The highest BCUT2D eigenvalue weighted by Gasteiger charge is 2.41. The van der Waals surface area contributed by atoms with Crippen LogP contribution in [0.1, 0.15) is 70.8 Å². The van der Waals surface area contributed by atoms with Gasteiger partial charge in [0.1, 0.15) is 0 Å². The zero-order valence-electron chi connectivity index (χ0n) is 19.6. The molecule has 0 saturated carbocycles. The van der Waals surface area contributed by atoms with Gasteiger partial charge in [0.2, 0.25) is 0 Å². The molecule has 2 N–H and O–H groups in total. The lowest BCUT2D eigenvalue weighted by atomic mass is 9.69. The Morgan fingerprint density at radius 1 is 1.35 bits per heavy atom. The number of allylic oxidation sites excluding steroid dienone is 2. The molecule has 1 amide bonds. The number of methoxy groups -OCH3 is 1. The van der Waals surface area contributed by atoms with E-state index in [-0.39, 0.29) is 34.6 Å². The van der Waals surface area contributed by atoms with Crippen molar-refractivity contribution in [3.63, 3.8) is 0 Å². The third kappa shape index (κ3) is 5.04. The number of rotatable bonds is 6. The average molecular weight is 433 g/mol. The Morgan fingerprint density at radius 2 is 2.03 bits per heavy atom. The summed E-state index contributed by atoms with van der Waals surface area (Å²) >= 11 is 0. The minimum Gasteiger partial charge on any atom is -0.503 e. The van der Waals surface area contributed by atoms with Crippen molar-refractivity contribution in [1.82, 2.24) is 10.3 Å². The number of hydrogen-bond acceptors (Lipinski definition) is 6. The van der Waals surface area contributed by atoms with Crippen molar-refractivity contribution in [3.05, 3.63) is 29.1 Å². The molecule has 31 heavy (non-hydrogen) atoms. The highest BCUT2D eigenvalue weighted by molar-refractivity contribution is 5.95. The predicted molar refractivity (Wildman–Crippen MR) is 118 cm³/mol. The lowest BCUT2D eigenvalue weighted by molar-refractivity contribution is -0.286. The number of carbonyl (C=O) groups excluding carboxylic acids is 1. The first kappa shape index (κ1) is 23.5. The summed E-state index contributed by atoms with van der Waals surface area (Å²) in [4.78, 5) is 16.5. The molecule has 7 heteroatoms. The number of ether oxygens (including phenoxy) is 3. The highest BCUT2D eigenvalue weighted by Crippen LogP contribution is 2.45. The molecule has 1 aliphatic heterocycles. The molecule has 0 spiro atoms. The van der Waals surface area contributed by atoms with Gasteiger partial charge in [-0.2, -0.15) is 0 Å². The van der Waals surface area contributed by atoms with Gasteiger partial charge in [-0.3, -0.25) is 4.79 Å². The molecule has 1 aromatic heterocycles. The second kappa shape index (κ2) is 9.17. The van der Waals surface area contributed by atoms with Gasteiger partial charge in [0.05, 0.1) is 26.4 Å². The van der Waals surface area contributed by atoms with Crippen LogP contribution in [0, 0.1) is 11.3 Å². The Labute approximate surface area is 185 Å². The van der Waals surface area contributed by atoms with E-state index in [0.717, 1.165) is 6.42 Å². The zero-order valence-corrected chi connectivity index (χ0v) is 19.6. The quantitative estimate of drug-likeness (QED) is 0.655. The molecular weight excluding hydrogens is 396 g/mol. The van der Waals surface area contributed by atoms with E-state index in [1.54, 1.807) is 0 Å². The van der Waals surface area contributed by atoms with Crippen molar-refractivity contribution in [1.29, 1.82) is 0 Å². The minimum absolute atomic E-state index is 0.0806. The molecular formula is C24H36N2O5. The normalized spacial score (nSPS) is 27.0. The first-order valence-corrected chi connectivity index (χ1v) is 11.1. The van der Waals surface area contributed by atoms with Gasteiger partial charge in [0, 0.05) is 18.2 Å². The Kier molecular flexibility index (Phi) is 6.96. The summed E-state index contributed by atoms with van der Waals surface area (Å²) in [7, 11) is 1.42. The molecule has 1 aliphatic carbocycles. The largest absolute Gasteiger partial charge is 0.503 e. The number of pyridine rings is 1. The fourth-order valence-electron chi connectivity index (χ4n) is 4.63. The fraction of sp³-hybridized carbons (Fsp3) is 0.667. The number of nitrogens with one attached hydrogen (secondary N) is 1. The van der Waals surface area contributed by atoms with Gasteiger partial charge in [0.25, 0.3) is 5.91 Å². The van der Waals surface area contributed by atoms with Crippen molar-refractivity contribution in [3.8, 4) is 11.5 Å². The number of aromatic hydroxyl groups is 1. The lowest BCUT2D eigenvalue weighted by Gasteiger charge is -2.44. The van der Waals surface area contributed by atoms with Crippen LogP contribution in [0.15, 0.2) is 23.4 Å². The Bertz CT molecular complexity index is 840. The van der Waals surface area contributed by atoms with Crippen molar-refractivity contribution in [2.45, 2.75) is 72.1 Å². The smallest absolute Gasteiger partial charge is 0.274 e. The predicted octanol–water partition coefficient (Wildman–Crippen LogP) is 4.21. The van der Waals surface area contributed by atoms with Crippen molar-refractivity contribution in [2.24, 2.45) is 11.3 Å². The molecule has 3 rings (SSSR count). The standard InChI is InChI=1S/C24H36N2O5/c1-15-8-7-10-23(3,4)18(15)12-16(2)24(5)30-13-17(14-31-24)26-22(28)20-21(27)19(29-6)9-11-25-20/h9,11,16-17,27H,7-8,10,12-14H2,1-6H3,(H,26,28)/t16?,17-,24-. The molecule has 1 fully saturated rings. The molecule has 1 unspecified atom stereocenters. The van der Waals surface area contributed by atoms with E-state index in [1.165, 1.54) is 49.8 Å². The summed E-state index contributed by atoms with van der Waals surface area (Å²) in [6.45, 7) is 11.7. The topological polar surface area (TPSA) is 89.9 Å². The van der Waals surface area contributed by atoms with E-state index >= 15 is 0 Å². The number of carbonyl (C=O) groups is 1.